The van der Waals surface area contributed by atoms with Crippen LogP contribution in [-0.4, -0.2) is 5.12 Å². The summed E-state index contributed by atoms with van der Waals surface area (Å²) in [5, 5.41) is 8.70. The first-order chi connectivity index (χ1) is 15.8. The van der Waals surface area contributed by atoms with Gasteiger partial charge in [0.25, 0.3) is 0 Å². The summed E-state index contributed by atoms with van der Waals surface area (Å²) in [6, 6.07) is 23.0. The van der Waals surface area contributed by atoms with Crippen molar-refractivity contribution in [1.29, 1.82) is 5.26 Å². The fourth-order valence-corrected chi connectivity index (χ4v) is 4.33. The van der Waals surface area contributed by atoms with Crippen LogP contribution in [0.1, 0.15) is 47.6 Å². The number of carbonyl (C=O) groups is 1. The Bertz CT molecular complexity index is 1110. The van der Waals surface area contributed by atoms with Crippen molar-refractivity contribution in [2.24, 2.45) is 0 Å². The van der Waals surface area contributed by atoms with E-state index < -0.39 is 22.9 Å². The molecule has 0 aliphatic rings. The number of hydrogen-bond donors (Lipinski definition) is 0. The lowest BCUT2D eigenvalue weighted by Gasteiger charge is -2.18. The highest BCUT2D eigenvalue weighted by Crippen LogP contribution is 2.38. The molecule has 3 nitrogen and oxygen atoms in total. The van der Waals surface area contributed by atoms with Crippen LogP contribution < -0.4 is 4.74 Å². The van der Waals surface area contributed by atoms with Gasteiger partial charge in [0.2, 0.25) is 0 Å². The van der Waals surface area contributed by atoms with E-state index in [2.05, 4.69) is 6.07 Å². The van der Waals surface area contributed by atoms with Gasteiger partial charge in [-0.15, -0.1) is 0 Å². The molecule has 0 aliphatic carbocycles. The summed E-state index contributed by atoms with van der Waals surface area (Å²) in [7, 11) is 0. The second kappa shape index (κ2) is 11.1. The molecule has 0 saturated carbocycles. The van der Waals surface area contributed by atoms with E-state index in [0.717, 1.165) is 23.9 Å². The van der Waals surface area contributed by atoms with Crippen LogP contribution in [0.3, 0.4) is 0 Å². The van der Waals surface area contributed by atoms with E-state index in [-0.39, 0.29) is 5.12 Å². The van der Waals surface area contributed by atoms with Crippen molar-refractivity contribution in [2.75, 3.05) is 0 Å². The first-order valence-electron chi connectivity index (χ1n) is 10.4. The van der Waals surface area contributed by atoms with Crippen molar-refractivity contribution >= 4 is 16.9 Å². The first-order valence-corrected chi connectivity index (χ1v) is 11.3. The lowest BCUT2D eigenvalue weighted by Crippen LogP contribution is -2.12. The number of thioether (sulfide) groups is 1. The Hall–Kier alpha value is -3.24. The van der Waals surface area contributed by atoms with Crippen molar-refractivity contribution in [3.63, 3.8) is 0 Å². The highest BCUT2D eigenvalue weighted by atomic mass is 32.2. The Morgan fingerprint density at radius 1 is 0.970 bits per heavy atom. The Labute approximate surface area is 195 Å². The van der Waals surface area contributed by atoms with Gasteiger partial charge in [-0.1, -0.05) is 67.6 Å². The van der Waals surface area contributed by atoms with Crippen LogP contribution in [0.5, 0.6) is 11.5 Å². The molecular formula is C26H22F3NO2S. The molecule has 0 spiro atoms. The number of nitrogens with zero attached hydrogens (tertiary/aromatic N) is 1. The fraction of sp³-hybridized carbons (Fsp3) is 0.231. The highest BCUT2D eigenvalue weighted by molar-refractivity contribution is 8.14. The first kappa shape index (κ1) is 24.4. The van der Waals surface area contributed by atoms with E-state index in [1.54, 1.807) is 24.3 Å². The maximum atomic E-state index is 13.1. The number of nitriles is 1. The van der Waals surface area contributed by atoms with Crippen molar-refractivity contribution in [2.45, 2.75) is 37.1 Å². The van der Waals surface area contributed by atoms with Crippen LogP contribution in [0.4, 0.5) is 13.2 Å². The molecule has 3 rings (SSSR count). The predicted octanol–water partition coefficient (Wildman–Crippen LogP) is 7.91. The van der Waals surface area contributed by atoms with Gasteiger partial charge in [0.15, 0.2) is 5.12 Å². The van der Waals surface area contributed by atoms with Gasteiger partial charge < -0.3 is 4.74 Å². The van der Waals surface area contributed by atoms with E-state index >= 15 is 0 Å². The zero-order chi connectivity index (χ0) is 23.8. The van der Waals surface area contributed by atoms with Crippen molar-refractivity contribution < 1.29 is 22.7 Å². The van der Waals surface area contributed by atoms with E-state index in [1.807, 2.05) is 37.3 Å². The molecule has 0 heterocycles. The molecule has 2 atom stereocenters. The molecular weight excluding hydrogens is 447 g/mol. The molecule has 0 N–H and O–H groups in total. The molecule has 0 aliphatic heterocycles. The third kappa shape index (κ3) is 6.62. The molecule has 170 valence electrons. The second-order valence-electron chi connectivity index (χ2n) is 7.39. The largest absolute Gasteiger partial charge is 0.457 e. The van der Waals surface area contributed by atoms with Gasteiger partial charge in [-0.2, -0.15) is 18.4 Å². The minimum absolute atomic E-state index is 0.252. The van der Waals surface area contributed by atoms with Gasteiger partial charge >= 0.3 is 6.18 Å². The molecule has 0 aromatic heterocycles. The van der Waals surface area contributed by atoms with E-state index in [4.69, 9.17) is 4.74 Å². The van der Waals surface area contributed by atoms with Gasteiger partial charge in [0.1, 0.15) is 16.7 Å². The minimum atomic E-state index is -4.43. The summed E-state index contributed by atoms with van der Waals surface area (Å²) in [5.74, 6) is 0.596. The normalized spacial score (nSPS) is 13.1. The maximum Gasteiger partial charge on any atom is 0.416 e. The van der Waals surface area contributed by atoms with Crippen LogP contribution in [0, 0.1) is 11.3 Å². The number of alkyl halides is 3. The Balaban J connectivity index is 1.77. The molecule has 0 bridgehead atoms. The molecule has 0 radical (unpaired) electrons. The Morgan fingerprint density at radius 3 is 2.24 bits per heavy atom. The zero-order valence-electron chi connectivity index (χ0n) is 17.9. The number of para-hydroxylation sites is 1. The third-order valence-electron chi connectivity index (χ3n) is 4.99. The quantitative estimate of drug-likeness (QED) is 0.336. The van der Waals surface area contributed by atoms with Gasteiger partial charge in [0, 0.05) is 0 Å². The third-order valence-corrected chi connectivity index (χ3v) is 6.12. The molecule has 3 aromatic carbocycles. The summed E-state index contributed by atoms with van der Waals surface area (Å²) in [6.07, 6.45) is -3.28. The van der Waals surface area contributed by atoms with Crippen molar-refractivity contribution in [1.82, 2.24) is 0 Å². The van der Waals surface area contributed by atoms with Crippen LogP contribution >= 0.6 is 11.8 Å². The number of carbonyl (C=O) groups excluding carboxylic acids is 1. The average Bonchev–Trinajstić information content (AvgIpc) is 2.81. The van der Waals surface area contributed by atoms with Crippen molar-refractivity contribution in [3.05, 3.63) is 95.6 Å². The lowest BCUT2D eigenvalue weighted by molar-refractivity contribution is -0.137. The van der Waals surface area contributed by atoms with Crippen LogP contribution in [0.2, 0.25) is 0 Å². The van der Waals surface area contributed by atoms with Crippen LogP contribution in [0.15, 0.2) is 78.9 Å². The monoisotopic (exact) mass is 469 g/mol. The number of ether oxygens (including phenoxy) is 1. The molecule has 0 saturated heterocycles. The van der Waals surface area contributed by atoms with E-state index in [0.29, 0.717) is 35.5 Å². The van der Waals surface area contributed by atoms with Crippen molar-refractivity contribution in [3.8, 4) is 17.6 Å². The topological polar surface area (TPSA) is 50.1 Å². The summed E-state index contributed by atoms with van der Waals surface area (Å²) < 4.78 is 44.5. The molecule has 3 aromatic rings. The highest BCUT2D eigenvalue weighted by Gasteiger charge is 2.31. The second-order valence-corrected chi connectivity index (χ2v) is 8.50. The number of hydrogen-bond acceptors (Lipinski definition) is 4. The summed E-state index contributed by atoms with van der Waals surface area (Å²) >= 11 is 0.888. The smallest absolute Gasteiger partial charge is 0.416 e. The summed E-state index contributed by atoms with van der Waals surface area (Å²) in [4.78, 5) is 13.1. The molecule has 2 unspecified atom stereocenters. The molecule has 0 amide bonds. The van der Waals surface area contributed by atoms with Gasteiger partial charge in [-0.05, 0) is 53.9 Å². The number of halogens is 3. The zero-order valence-corrected chi connectivity index (χ0v) is 18.7. The van der Waals surface area contributed by atoms with E-state index in [1.165, 1.54) is 12.1 Å². The molecule has 0 fully saturated rings. The average molecular weight is 470 g/mol. The fourth-order valence-electron chi connectivity index (χ4n) is 3.35. The van der Waals surface area contributed by atoms with Gasteiger partial charge in [-0.25, -0.2) is 0 Å². The predicted molar refractivity (Wildman–Crippen MR) is 123 cm³/mol. The lowest BCUT2D eigenvalue weighted by atomic mass is 9.95. The van der Waals surface area contributed by atoms with Gasteiger partial charge in [-0.3, -0.25) is 4.79 Å². The van der Waals surface area contributed by atoms with Gasteiger partial charge in [0.05, 0.1) is 17.6 Å². The van der Waals surface area contributed by atoms with Crippen LogP contribution in [-0.2, 0) is 11.0 Å². The van der Waals surface area contributed by atoms with E-state index in [9.17, 15) is 23.2 Å². The SMILES string of the molecule is CCCC(C(=O)SC(C#N)c1cccc(Oc2ccccc2)c1)c1ccc(C(F)(F)F)cc1. The molecule has 7 heteroatoms. The minimum Gasteiger partial charge on any atom is -0.457 e. The standard InChI is InChI=1S/C26H22F3NO2S/c1-2-7-23(18-12-14-20(15-13-18)26(27,28)29)25(31)33-24(17-30)19-8-6-11-22(16-19)32-21-9-4-3-5-10-21/h3-6,8-16,23-24H,2,7H2,1H3. The molecule has 33 heavy (non-hydrogen) atoms. The number of rotatable bonds is 8. The maximum absolute atomic E-state index is 13.1. The Morgan fingerprint density at radius 2 is 1.64 bits per heavy atom. The van der Waals surface area contributed by atoms with Crippen LogP contribution in [0.25, 0.3) is 0 Å². The summed E-state index contributed by atoms with van der Waals surface area (Å²) in [5.41, 5.74) is 0.374. The Kier molecular flexibility index (Phi) is 8.18. The summed E-state index contributed by atoms with van der Waals surface area (Å²) in [6.45, 7) is 1.90. The number of benzene rings is 3.